The van der Waals surface area contributed by atoms with Gasteiger partial charge in [-0.25, -0.2) is 13.1 Å². The Labute approximate surface area is 185 Å². The second kappa shape index (κ2) is 9.29. The average molecular weight is 461 g/mol. The minimum atomic E-state index is -3.67. The summed E-state index contributed by atoms with van der Waals surface area (Å²) < 4.78 is 41.8. The molecule has 8 nitrogen and oxygen atoms in total. The van der Waals surface area contributed by atoms with Crippen LogP contribution >= 0.6 is 11.7 Å². The van der Waals surface area contributed by atoms with Crippen molar-refractivity contribution < 1.29 is 17.9 Å². The number of sulfonamides is 1. The second-order valence-electron chi connectivity index (χ2n) is 7.65. The number of hydrogen-bond donors (Lipinski definition) is 2. The number of ether oxygens (including phenoxy) is 1. The molecule has 0 aliphatic heterocycles. The van der Waals surface area contributed by atoms with Crippen LogP contribution in [0.15, 0.2) is 47.4 Å². The first kappa shape index (κ1) is 21.7. The third-order valence-corrected chi connectivity index (χ3v) is 7.68. The zero-order chi connectivity index (χ0) is 21.8. The fourth-order valence-electron chi connectivity index (χ4n) is 3.92. The Balaban J connectivity index is 1.31. The van der Waals surface area contributed by atoms with E-state index in [0.29, 0.717) is 29.0 Å². The second-order valence-corrected chi connectivity index (χ2v) is 9.91. The van der Waals surface area contributed by atoms with Crippen LogP contribution in [0.5, 0.6) is 5.75 Å². The van der Waals surface area contributed by atoms with Gasteiger partial charge in [0.2, 0.25) is 15.9 Å². The van der Waals surface area contributed by atoms with E-state index in [4.69, 9.17) is 4.74 Å². The van der Waals surface area contributed by atoms with Gasteiger partial charge >= 0.3 is 0 Å². The lowest BCUT2D eigenvalue weighted by atomic mass is 9.81. The largest absolute Gasteiger partial charge is 0.495 e. The highest BCUT2D eigenvalue weighted by molar-refractivity contribution is 7.89. The van der Waals surface area contributed by atoms with Crippen LogP contribution in [0.2, 0.25) is 0 Å². The number of benzene rings is 2. The highest BCUT2D eigenvalue weighted by Crippen LogP contribution is 2.31. The number of amides is 1. The Morgan fingerprint density at radius 1 is 1.10 bits per heavy atom. The van der Waals surface area contributed by atoms with Crippen LogP contribution in [0.1, 0.15) is 25.7 Å². The molecule has 1 aromatic heterocycles. The van der Waals surface area contributed by atoms with Crippen molar-refractivity contribution in [2.75, 3.05) is 19.0 Å². The zero-order valence-corrected chi connectivity index (χ0v) is 18.7. The Bertz CT molecular complexity index is 1170. The number of carbonyl (C=O) groups excluding carboxylic acids is 1. The van der Waals surface area contributed by atoms with E-state index in [2.05, 4.69) is 18.8 Å². The summed E-state index contributed by atoms with van der Waals surface area (Å²) in [5.41, 5.74) is 1.64. The molecule has 1 aliphatic rings. The molecule has 0 radical (unpaired) electrons. The predicted molar refractivity (Wildman–Crippen MR) is 120 cm³/mol. The number of methoxy groups -OCH3 is 1. The molecule has 1 saturated carbocycles. The van der Waals surface area contributed by atoms with E-state index < -0.39 is 10.0 Å². The molecule has 0 unspecified atom stereocenters. The summed E-state index contributed by atoms with van der Waals surface area (Å²) >= 11 is 0.997. The smallest absolute Gasteiger partial charge is 0.242 e. The maximum absolute atomic E-state index is 12.8. The summed E-state index contributed by atoms with van der Waals surface area (Å²) in [5.74, 6) is 0.709. The van der Waals surface area contributed by atoms with Crippen LogP contribution in [0.4, 0.5) is 5.69 Å². The quantitative estimate of drug-likeness (QED) is 0.559. The summed E-state index contributed by atoms with van der Waals surface area (Å²) in [6.07, 6.45) is 3.02. The Morgan fingerprint density at radius 2 is 1.87 bits per heavy atom. The van der Waals surface area contributed by atoms with Gasteiger partial charge in [-0.1, -0.05) is 18.2 Å². The van der Waals surface area contributed by atoms with Gasteiger partial charge in [-0.3, -0.25) is 4.79 Å². The van der Waals surface area contributed by atoms with Crippen LogP contribution in [0.25, 0.3) is 11.0 Å². The Morgan fingerprint density at radius 3 is 2.65 bits per heavy atom. The van der Waals surface area contributed by atoms with Gasteiger partial charge in [0.15, 0.2) is 0 Å². The molecule has 1 heterocycles. The molecule has 31 heavy (non-hydrogen) atoms. The summed E-state index contributed by atoms with van der Waals surface area (Å²) in [6.45, 7) is 0.344. The van der Waals surface area contributed by atoms with Crippen LogP contribution in [-0.4, -0.2) is 36.7 Å². The summed E-state index contributed by atoms with van der Waals surface area (Å²) in [7, 11) is -2.10. The number of nitrogens with one attached hydrogen (secondary N) is 2. The number of aromatic nitrogens is 2. The molecular weight excluding hydrogens is 436 g/mol. The fraction of sp³-hybridized carbons (Fsp3) is 0.381. The van der Waals surface area contributed by atoms with Crippen molar-refractivity contribution in [3.63, 3.8) is 0 Å². The maximum atomic E-state index is 12.8. The fourth-order valence-corrected chi connectivity index (χ4v) is 5.80. The zero-order valence-electron chi connectivity index (χ0n) is 17.1. The van der Waals surface area contributed by atoms with Gasteiger partial charge in [-0.05, 0) is 55.9 Å². The minimum absolute atomic E-state index is 0.0220. The number of anilines is 1. The highest BCUT2D eigenvalue weighted by atomic mass is 32.2. The third-order valence-electron chi connectivity index (χ3n) is 5.68. The molecule has 3 aromatic rings. The van der Waals surface area contributed by atoms with Crippen molar-refractivity contribution >= 4 is 44.4 Å². The number of rotatable bonds is 7. The lowest BCUT2D eigenvalue weighted by Crippen LogP contribution is -2.33. The van der Waals surface area contributed by atoms with Gasteiger partial charge in [0, 0.05) is 12.5 Å². The Kier molecular flexibility index (Phi) is 6.49. The third kappa shape index (κ3) is 4.86. The molecule has 1 amide bonds. The molecule has 1 fully saturated rings. The Hall–Kier alpha value is -2.56. The van der Waals surface area contributed by atoms with Crippen molar-refractivity contribution in [2.45, 2.75) is 30.6 Å². The number of hydrogen-bond acceptors (Lipinski definition) is 7. The molecule has 4 rings (SSSR count). The van der Waals surface area contributed by atoms with Crippen LogP contribution in [-0.2, 0) is 14.8 Å². The first-order valence-electron chi connectivity index (χ1n) is 10.1. The van der Waals surface area contributed by atoms with Crippen LogP contribution < -0.4 is 14.8 Å². The van der Waals surface area contributed by atoms with E-state index in [-0.39, 0.29) is 22.6 Å². The lowest BCUT2D eigenvalue weighted by Gasteiger charge is -2.28. The number of para-hydroxylation sites is 2. The number of fused-ring (bicyclic) bond motifs is 1. The summed E-state index contributed by atoms with van der Waals surface area (Å²) in [6, 6.07) is 12.3. The number of carbonyl (C=O) groups is 1. The van der Waals surface area contributed by atoms with E-state index in [0.717, 1.165) is 37.4 Å². The minimum Gasteiger partial charge on any atom is -0.495 e. The first-order valence-corrected chi connectivity index (χ1v) is 12.3. The van der Waals surface area contributed by atoms with E-state index in [1.165, 1.54) is 0 Å². The molecule has 2 N–H and O–H groups in total. The van der Waals surface area contributed by atoms with Crippen molar-refractivity contribution in [1.29, 1.82) is 0 Å². The first-order chi connectivity index (χ1) is 15.0. The van der Waals surface area contributed by atoms with Gasteiger partial charge in [-0.15, -0.1) is 0 Å². The van der Waals surface area contributed by atoms with Gasteiger partial charge in [-0.2, -0.15) is 8.75 Å². The topological polar surface area (TPSA) is 110 Å². The normalized spacial score (nSPS) is 19.3. The summed E-state index contributed by atoms with van der Waals surface area (Å²) in [5, 5.41) is 2.95. The molecule has 0 saturated heterocycles. The van der Waals surface area contributed by atoms with Crippen LogP contribution in [0.3, 0.4) is 0 Å². The highest BCUT2D eigenvalue weighted by Gasteiger charge is 2.28. The molecule has 0 bridgehead atoms. The average Bonchev–Trinajstić information content (AvgIpc) is 3.27. The van der Waals surface area contributed by atoms with Crippen molar-refractivity contribution in [2.24, 2.45) is 11.8 Å². The molecule has 10 heteroatoms. The molecule has 0 atom stereocenters. The molecule has 0 spiro atoms. The van der Waals surface area contributed by atoms with E-state index in [1.807, 2.05) is 18.2 Å². The van der Waals surface area contributed by atoms with Gasteiger partial charge in [0.05, 0.1) is 24.5 Å². The molecule has 2 aromatic carbocycles. The van der Waals surface area contributed by atoms with E-state index >= 15 is 0 Å². The molecule has 164 valence electrons. The lowest BCUT2D eigenvalue weighted by molar-refractivity contribution is -0.121. The van der Waals surface area contributed by atoms with E-state index in [9.17, 15) is 13.2 Å². The number of nitrogens with zero attached hydrogens (tertiary/aromatic N) is 2. The van der Waals surface area contributed by atoms with Crippen molar-refractivity contribution in [1.82, 2.24) is 13.5 Å². The molecular formula is C21H24N4O4S2. The van der Waals surface area contributed by atoms with Gasteiger partial charge in [0.1, 0.15) is 21.7 Å². The van der Waals surface area contributed by atoms with Crippen molar-refractivity contribution in [3.05, 3.63) is 42.5 Å². The SMILES string of the molecule is COc1ccccc1NC(=O)C1CCC(CNS(=O)(=O)c2cccc3nsnc23)CC1. The molecule has 1 aliphatic carbocycles. The van der Waals surface area contributed by atoms with Gasteiger partial charge < -0.3 is 10.1 Å². The van der Waals surface area contributed by atoms with E-state index in [1.54, 1.807) is 31.4 Å². The van der Waals surface area contributed by atoms with Crippen LogP contribution in [0, 0.1) is 11.8 Å². The summed E-state index contributed by atoms with van der Waals surface area (Å²) in [4.78, 5) is 12.8. The monoisotopic (exact) mass is 460 g/mol. The standard InChI is InChI=1S/C21H24N4O4S2/c1-29-18-7-3-2-5-16(18)23-21(26)15-11-9-14(10-12-15)13-22-31(27,28)19-8-4-6-17-20(19)25-30-24-17/h2-8,14-15,22H,9-13H2,1H3,(H,23,26). The predicted octanol–water partition coefficient (Wildman–Crippen LogP) is 3.42. The van der Waals surface area contributed by atoms with Gasteiger partial charge in [0.25, 0.3) is 0 Å². The maximum Gasteiger partial charge on any atom is 0.242 e. The van der Waals surface area contributed by atoms with Crippen molar-refractivity contribution in [3.8, 4) is 5.75 Å².